The van der Waals surface area contributed by atoms with Crippen molar-refractivity contribution in [2.24, 2.45) is 0 Å². The van der Waals surface area contributed by atoms with Crippen LogP contribution in [0.4, 0.5) is 0 Å². The number of hydrogen-bond acceptors (Lipinski definition) is 5. The highest BCUT2D eigenvalue weighted by molar-refractivity contribution is 5.85. The van der Waals surface area contributed by atoms with Crippen molar-refractivity contribution >= 4 is 11.9 Å². The summed E-state index contributed by atoms with van der Waals surface area (Å²) in [4.78, 5) is 24.2. The summed E-state index contributed by atoms with van der Waals surface area (Å²) in [5.74, 6) is -0.526. The molecular weight excluding hydrogens is 212 g/mol. The van der Waals surface area contributed by atoms with Gasteiger partial charge in [0.25, 0.3) is 0 Å². The van der Waals surface area contributed by atoms with Gasteiger partial charge in [-0.25, -0.2) is 0 Å². The van der Waals surface area contributed by atoms with Crippen LogP contribution >= 0.6 is 0 Å². The second-order valence-corrected chi connectivity index (χ2v) is 3.82. The fourth-order valence-electron chi connectivity index (χ4n) is 1.67. The van der Waals surface area contributed by atoms with Crippen molar-refractivity contribution in [1.82, 2.24) is 10.2 Å². The Morgan fingerprint density at radius 3 is 2.62 bits per heavy atom. The van der Waals surface area contributed by atoms with E-state index < -0.39 is 5.97 Å². The summed E-state index contributed by atoms with van der Waals surface area (Å²) >= 11 is 0. The molecule has 16 heavy (non-hydrogen) atoms. The molecule has 0 aromatic heterocycles. The van der Waals surface area contributed by atoms with Crippen LogP contribution in [0.3, 0.4) is 0 Å². The van der Waals surface area contributed by atoms with Gasteiger partial charge in [-0.3, -0.25) is 9.59 Å². The molecule has 6 nitrogen and oxygen atoms in total. The molecule has 0 radical (unpaired) electrons. The minimum Gasteiger partial charge on any atom is -0.468 e. The van der Waals surface area contributed by atoms with Crippen molar-refractivity contribution < 1.29 is 19.1 Å². The second kappa shape index (κ2) is 5.81. The summed E-state index contributed by atoms with van der Waals surface area (Å²) in [5, 5.41) is 3.06. The van der Waals surface area contributed by atoms with Gasteiger partial charge < -0.3 is 19.7 Å². The number of rotatable bonds is 4. The lowest BCUT2D eigenvalue weighted by Gasteiger charge is -2.19. The standard InChI is InChI=1S/C10H18N2O4/c1-12(6-9(13)16-3)10(14)8-4-7(15-2)5-11-8/h7-8,11H,4-6H2,1-3H3. The van der Waals surface area contributed by atoms with E-state index in [0.29, 0.717) is 13.0 Å². The predicted octanol–water partition coefficient (Wildman–Crippen LogP) is -1.01. The van der Waals surface area contributed by atoms with Gasteiger partial charge >= 0.3 is 5.97 Å². The van der Waals surface area contributed by atoms with Crippen LogP contribution in [0, 0.1) is 0 Å². The maximum Gasteiger partial charge on any atom is 0.325 e. The number of carbonyl (C=O) groups excluding carboxylic acids is 2. The zero-order chi connectivity index (χ0) is 12.1. The Labute approximate surface area is 94.9 Å². The molecule has 0 bridgehead atoms. The molecule has 1 aliphatic heterocycles. The van der Waals surface area contributed by atoms with Crippen molar-refractivity contribution in [1.29, 1.82) is 0 Å². The van der Waals surface area contributed by atoms with Gasteiger partial charge in [-0.05, 0) is 6.42 Å². The first-order valence-corrected chi connectivity index (χ1v) is 5.16. The number of likely N-dealkylation sites (N-methyl/N-ethyl adjacent to an activating group) is 1. The molecule has 92 valence electrons. The predicted molar refractivity (Wildman–Crippen MR) is 56.9 cm³/mol. The number of hydrogen-bond donors (Lipinski definition) is 1. The third-order valence-electron chi connectivity index (χ3n) is 2.69. The molecule has 0 aliphatic carbocycles. The van der Waals surface area contributed by atoms with Gasteiger partial charge in [-0.2, -0.15) is 0 Å². The lowest BCUT2D eigenvalue weighted by atomic mass is 10.2. The molecule has 1 rings (SSSR count). The van der Waals surface area contributed by atoms with E-state index in [9.17, 15) is 9.59 Å². The van der Waals surface area contributed by atoms with Gasteiger partial charge in [-0.1, -0.05) is 0 Å². The van der Waals surface area contributed by atoms with E-state index in [2.05, 4.69) is 10.1 Å². The van der Waals surface area contributed by atoms with Crippen molar-refractivity contribution in [3.63, 3.8) is 0 Å². The van der Waals surface area contributed by atoms with Crippen LogP contribution in [-0.4, -0.2) is 63.3 Å². The average molecular weight is 230 g/mol. The Hall–Kier alpha value is -1.14. The third kappa shape index (κ3) is 3.18. The molecule has 1 heterocycles. The summed E-state index contributed by atoms with van der Waals surface area (Å²) in [7, 11) is 4.51. The van der Waals surface area contributed by atoms with Gasteiger partial charge in [0, 0.05) is 20.7 Å². The minimum atomic E-state index is -0.419. The van der Waals surface area contributed by atoms with Crippen LogP contribution in [0.1, 0.15) is 6.42 Å². The van der Waals surface area contributed by atoms with E-state index in [-0.39, 0.29) is 24.6 Å². The van der Waals surface area contributed by atoms with E-state index in [0.717, 1.165) is 0 Å². The van der Waals surface area contributed by atoms with Crippen LogP contribution in [0.5, 0.6) is 0 Å². The molecule has 0 saturated carbocycles. The average Bonchev–Trinajstić information content (AvgIpc) is 2.76. The first-order chi connectivity index (χ1) is 7.58. The fraction of sp³-hybridized carbons (Fsp3) is 0.800. The van der Waals surface area contributed by atoms with Crippen molar-refractivity contribution in [2.45, 2.75) is 18.6 Å². The summed E-state index contributed by atoms with van der Waals surface area (Å²) in [5.41, 5.74) is 0. The molecule has 1 amide bonds. The van der Waals surface area contributed by atoms with Crippen molar-refractivity contribution in [2.75, 3.05) is 34.4 Å². The highest BCUT2D eigenvalue weighted by Gasteiger charge is 2.31. The Kier molecular flexibility index (Phi) is 4.70. The van der Waals surface area contributed by atoms with Crippen LogP contribution in [0.15, 0.2) is 0 Å². The summed E-state index contributed by atoms with van der Waals surface area (Å²) in [6, 6.07) is -0.264. The first-order valence-electron chi connectivity index (χ1n) is 5.16. The molecule has 0 spiro atoms. The number of nitrogens with one attached hydrogen (secondary N) is 1. The molecule has 1 N–H and O–H groups in total. The molecule has 6 heteroatoms. The highest BCUT2D eigenvalue weighted by atomic mass is 16.5. The SMILES string of the molecule is COC(=O)CN(C)C(=O)C1CC(OC)CN1. The topological polar surface area (TPSA) is 67.9 Å². The van der Waals surface area contributed by atoms with Gasteiger partial charge in [0.05, 0.1) is 19.3 Å². The largest absolute Gasteiger partial charge is 0.468 e. The minimum absolute atomic E-state index is 0.0227. The summed E-state index contributed by atoms with van der Waals surface area (Å²) < 4.78 is 9.65. The Morgan fingerprint density at radius 1 is 1.44 bits per heavy atom. The maximum atomic E-state index is 11.9. The molecule has 1 saturated heterocycles. The number of esters is 1. The lowest BCUT2D eigenvalue weighted by Crippen LogP contribution is -2.43. The van der Waals surface area contributed by atoms with Crippen LogP contribution in [0.2, 0.25) is 0 Å². The van der Waals surface area contributed by atoms with Gasteiger partial charge in [0.1, 0.15) is 6.54 Å². The van der Waals surface area contributed by atoms with E-state index >= 15 is 0 Å². The Balaban J connectivity index is 2.42. The number of nitrogens with zero attached hydrogens (tertiary/aromatic N) is 1. The van der Waals surface area contributed by atoms with Crippen LogP contribution in [-0.2, 0) is 19.1 Å². The van der Waals surface area contributed by atoms with E-state index in [1.807, 2.05) is 0 Å². The zero-order valence-electron chi connectivity index (χ0n) is 9.86. The number of methoxy groups -OCH3 is 2. The van der Waals surface area contributed by atoms with Crippen molar-refractivity contribution in [3.05, 3.63) is 0 Å². The molecule has 0 aromatic rings. The molecule has 2 unspecified atom stereocenters. The Bertz CT molecular complexity index is 270. The number of ether oxygens (including phenoxy) is 2. The van der Waals surface area contributed by atoms with Crippen molar-refractivity contribution in [3.8, 4) is 0 Å². The van der Waals surface area contributed by atoms with Gasteiger partial charge in [0.2, 0.25) is 5.91 Å². The normalized spacial score (nSPS) is 24.2. The van der Waals surface area contributed by atoms with E-state index in [1.54, 1.807) is 14.2 Å². The number of amides is 1. The maximum absolute atomic E-state index is 11.9. The van der Waals surface area contributed by atoms with E-state index in [1.165, 1.54) is 12.0 Å². The van der Waals surface area contributed by atoms with Gasteiger partial charge in [-0.15, -0.1) is 0 Å². The Morgan fingerprint density at radius 2 is 2.12 bits per heavy atom. The molecule has 0 aromatic carbocycles. The van der Waals surface area contributed by atoms with Gasteiger partial charge in [0.15, 0.2) is 0 Å². The lowest BCUT2D eigenvalue weighted by molar-refractivity contribution is -0.146. The monoisotopic (exact) mass is 230 g/mol. The molecule has 2 atom stereocenters. The van der Waals surface area contributed by atoms with Crippen LogP contribution in [0.25, 0.3) is 0 Å². The first kappa shape index (κ1) is 12.9. The van der Waals surface area contributed by atoms with Crippen LogP contribution < -0.4 is 5.32 Å². The smallest absolute Gasteiger partial charge is 0.325 e. The number of carbonyl (C=O) groups is 2. The third-order valence-corrected chi connectivity index (χ3v) is 2.69. The quantitative estimate of drug-likeness (QED) is 0.627. The summed E-state index contributed by atoms with van der Waals surface area (Å²) in [6.07, 6.45) is 0.710. The molecular formula is C10H18N2O4. The molecule has 1 fully saturated rings. The summed E-state index contributed by atoms with van der Waals surface area (Å²) in [6.45, 7) is 0.643. The second-order valence-electron chi connectivity index (χ2n) is 3.82. The highest BCUT2D eigenvalue weighted by Crippen LogP contribution is 2.11. The zero-order valence-corrected chi connectivity index (χ0v) is 9.86. The fourth-order valence-corrected chi connectivity index (χ4v) is 1.67. The van der Waals surface area contributed by atoms with E-state index in [4.69, 9.17) is 4.74 Å². The molecule has 1 aliphatic rings.